The number of nitrogens with zero attached hydrogens (tertiary/aromatic N) is 3. The Hall–Kier alpha value is -1.55. The minimum Gasteiger partial charge on any atom is -0.368 e. The third-order valence-corrected chi connectivity index (χ3v) is 7.83. The lowest BCUT2D eigenvalue weighted by Gasteiger charge is -2.20. The summed E-state index contributed by atoms with van der Waals surface area (Å²) >= 11 is 0. The second-order valence-electron chi connectivity index (χ2n) is 6.76. The van der Waals surface area contributed by atoms with Crippen LogP contribution in [0.2, 0.25) is 0 Å². The van der Waals surface area contributed by atoms with Crippen LogP contribution in [0, 0.1) is 0 Å². The molecule has 3 rings (SSSR count). The number of fused-ring (bicyclic) bond motifs is 1. The largest absolute Gasteiger partial charge is 0.490 e. The van der Waals surface area contributed by atoms with E-state index >= 15 is 4.39 Å². The maximum Gasteiger partial charge on any atom is 0.490 e. The van der Waals surface area contributed by atoms with Gasteiger partial charge in [-0.25, -0.2) is 27.6 Å². The van der Waals surface area contributed by atoms with Gasteiger partial charge in [-0.2, -0.15) is 8.62 Å². The van der Waals surface area contributed by atoms with Gasteiger partial charge in [-0.15, -0.1) is 5.10 Å². The molecule has 0 amide bonds. The number of aromatic amines is 1. The number of hydrogen-bond acceptors (Lipinski definition) is 11. The van der Waals surface area contributed by atoms with Gasteiger partial charge in [0.25, 0.3) is 5.56 Å². The van der Waals surface area contributed by atoms with Crippen LogP contribution in [-0.2, 0) is 31.6 Å². The fourth-order valence-corrected chi connectivity index (χ4v) is 6.04. The van der Waals surface area contributed by atoms with Gasteiger partial charge >= 0.3 is 23.5 Å². The van der Waals surface area contributed by atoms with Crippen LogP contribution < -0.4 is 11.3 Å². The number of hydrogen-bond donors (Lipinski definition) is 6. The molecule has 1 aliphatic heterocycles. The predicted octanol–water partition coefficient (Wildman–Crippen LogP) is -0.0987. The van der Waals surface area contributed by atoms with Gasteiger partial charge in [-0.05, 0) is 6.92 Å². The zero-order chi connectivity index (χ0) is 24.1. The van der Waals surface area contributed by atoms with E-state index in [9.17, 15) is 23.4 Å². The van der Waals surface area contributed by atoms with Crippen LogP contribution in [-0.4, -0.2) is 57.5 Å². The van der Waals surface area contributed by atoms with Crippen LogP contribution >= 0.6 is 23.5 Å². The molecule has 3 heterocycles. The summed E-state index contributed by atoms with van der Waals surface area (Å²) < 4.78 is 67.1. The highest BCUT2D eigenvalue weighted by molar-refractivity contribution is 7.66. The van der Waals surface area contributed by atoms with E-state index in [-0.39, 0.29) is 17.3 Å². The molecule has 7 N–H and O–H groups in total. The van der Waals surface area contributed by atoms with E-state index in [1.807, 2.05) is 0 Å². The van der Waals surface area contributed by atoms with Crippen molar-refractivity contribution in [2.45, 2.75) is 31.2 Å². The Bertz CT molecular complexity index is 1220. The molecule has 5 atom stereocenters. The Labute approximate surface area is 176 Å². The number of halogens is 1. The fraction of sp³-hybridized carbons (Fsp3) is 0.545. The van der Waals surface area contributed by atoms with E-state index in [1.165, 1.54) is 0 Å². The first-order chi connectivity index (χ1) is 14.5. The average molecular weight is 523 g/mol. The van der Waals surface area contributed by atoms with Crippen LogP contribution in [0.15, 0.2) is 11.0 Å². The molecule has 0 bridgehead atoms. The van der Waals surface area contributed by atoms with E-state index in [2.05, 4.69) is 28.2 Å². The predicted molar refractivity (Wildman–Crippen MR) is 99.6 cm³/mol. The molecular weight excluding hydrogens is 506 g/mol. The quantitative estimate of drug-likeness (QED) is 0.247. The minimum atomic E-state index is -5.69. The molecule has 2 aromatic rings. The first-order valence-electron chi connectivity index (χ1n) is 8.34. The lowest BCUT2D eigenvalue weighted by molar-refractivity contribution is -0.0193. The molecule has 0 radical (unpaired) electrons. The molecule has 1 aliphatic rings. The van der Waals surface area contributed by atoms with Crippen molar-refractivity contribution in [3.05, 3.63) is 22.2 Å². The monoisotopic (exact) mass is 523 g/mol. The van der Waals surface area contributed by atoms with Crippen molar-refractivity contribution < 1.29 is 55.5 Å². The second-order valence-corrected chi connectivity index (χ2v) is 11.2. The highest BCUT2D eigenvalue weighted by atomic mass is 31.3. The van der Waals surface area contributed by atoms with Crippen molar-refractivity contribution in [3.63, 3.8) is 0 Å². The molecule has 32 heavy (non-hydrogen) atoms. The number of imidazole rings is 1. The van der Waals surface area contributed by atoms with Gasteiger partial charge in [0.15, 0.2) is 0 Å². The molecule has 0 spiro atoms. The normalized spacial score (nSPS) is 27.9. The summed E-state index contributed by atoms with van der Waals surface area (Å²) in [6, 6.07) is 0. The zero-order valence-electron chi connectivity index (χ0n) is 15.8. The van der Waals surface area contributed by atoms with E-state index in [0.717, 1.165) is 17.6 Å². The summed E-state index contributed by atoms with van der Waals surface area (Å²) in [7, 11) is -16.6. The topological polar surface area (TPSA) is 258 Å². The number of alkyl halides is 1. The number of anilines is 1. The van der Waals surface area contributed by atoms with Crippen molar-refractivity contribution in [3.8, 4) is 0 Å². The summed E-state index contributed by atoms with van der Waals surface area (Å²) in [6.07, 6.45) is -1.85. The third-order valence-electron chi connectivity index (χ3n) is 4.03. The third kappa shape index (κ3) is 5.87. The van der Waals surface area contributed by atoms with Gasteiger partial charge in [-0.3, -0.25) is 14.3 Å². The number of aromatic nitrogens is 4. The zero-order valence-corrected chi connectivity index (χ0v) is 18.5. The van der Waals surface area contributed by atoms with E-state index in [1.54, 1.807) is 0 Å². The number of phosphoric acid groups is 3. The molecule has 0 saturated carbocycles. The number of nitrogen functional groups attached to an aromatic ring is 1. The molecule has 17 nitrogen and oxygen atoms in total. The Morgan fingerprint density at radius 1 is 1.31 bits per heavy atom. The minimum absolute atomic E-state index is 0.00337. The standard InChI is InChI=1S/C11H17FN5O12P3/c1-11(12)2-5(4-26-31(22,23)29-32(24,25)28-30(19,20)21)27-7(11)6-3-14-8-9(18)15-10(13)16-17(6)8/h3,5,7H,2,4H2,1H3,(H,22,23)(H,24,25)(H2,19,20,21)(H3,13,15,16,18). The Morgan fingerprint density at radius 2 is 1.97 bits per heavy atom. The summed E-state index contributed by atoms with van der Waals surface area (Å²) in [5.74, 6) is -0.274. The molecule has 0 aliphatic carbocycles. The van der Waals surface area contributed by atoms with E-state index < -0.39 is 59.9 Å². The lowest BCUT2D eigenvalue weighted by atomic mass is 9.96. The first kappa shape index (κ1) is 25.1. The molecule has 0 aromatic carbocycles. The molecule has 180 valence electrons. The van der Waals surface area contributed by atoms with Crippen LogP contribution in [0.3, 0.4) is 0 Å². The second kappa shape index (κ2) is 8.34. The molecule has 21 heteroatoms. The summed E-state index contributed by atoms with van der Waals surface area (Å²) in [4.78, 5) is 53.6. The van der Waals surface area contributed by atoms with Gasteiger partial charge in [0.1, 0.15) is 11.8 Å². The van der Waals surface area contributed by atoms with E-state index in [0.29, 0.717) is 0 Å². The average Bonchev–Trinajstić information content (AvgIpc) is 3.09. The number of rotatable bonds is 8. The highest BCUT2D eigenvalue weighted by Crippen LogP contribution is 2.66. The lowest BCUT2D eigenvalue weighted by Crippen LogP contribution is -2.25. The van der Waals surface area contributed by atoms with Crippen LogP contribution in [0.4, 0.5) is 10.3 Å². The van der Waals surface area contributed by atoms with Gasteiger partial charge in [-0.1, -0.05) is 0 Å². The molecule has 2 aromatic heterocycles. The highest BCUT2D eigenvalue weighted by Gasteiger charge is 2.49. The van der Waals surface area contributed by atoms with Gasteiger partial charge in [0.2, 0.25) is 11.6 Å². The summed E-state index contributed by atoms with van der Waals surface area (Å²) in [5, 5.41) is 3.84. The van der Waals surface area contributed by atoms with E-state index in [4.69, 9.17) is 25.2 Å². The smallest absolute Gasteiger partial charge is 0.368 e. The van der Waals surface area contributed by atoms with Crippen LogP contribution in [0.5, 0.6) is 0 Å². The van der Waals surface area contributed by atoms with Crippen molar-refractivity contribution in [1.82, 2.24) is 19.6 Å². The number of H-pyrrole nitrogens is 1. The number of phosphoric ester groups is 1. The SMILES string of the molecule is CC1(F)CC(COP(=O)(O)OP(=O)(O)OP(=O)(O)O)OC1c1cnc2c(=O)[nH]c(N)nn12. The van der Waals surface area contributed by atoms with Crippen LogP contribution in [0.25, 0.3) is 5.65 Å². The maximum absolute atomic E-state index is 15.2. The van der Waals surface area contributed by atoms with Gasteiger partial charge in [0, 0.05) is 6.42 Å². The maximum atomic E-state index is 15.2. The van der Waals surface area contributed by atoms with Crippen molar-refractivity contribution in [2.75, 3.05) is 12.3 Å². The van der Waals surface area contributed by atoms with Crippen molar-refractivity contribution in [2.24, 2.45) is 0 Å². The van der Waals surface area contributed by atoms with Crippen molar-refractivity contribution in [1.29, 1.82) is 0 Å². The molecule has 5 unspecified atom stereocenters. The molecule has 1 saturated heterocycles. The first-order valence-corrected chi connectivity index (χ1v) is 12.9. The number of ether oxygens (including phenoxy) is 1. The summed E-state index contributed by atoms with van der Waals surface area (Å²) in [5.41, 5.74) is 2.50. The fourth-order valence-electron chi connectivity index (χ4n) is 2.99. The van der Waals surface area contributed by atoms with Gasteiger partial charge in [0.05, 0.1) is 24.6 Å². The number of nitrogens with one attached hydrogen (secondary N) is 1. The summed E-state index contributed by atoms with van der Waals surface area (Å²) in [6.45, 7) is 0.297. The Kier molecular flexibility index (Phi) is 6.54. The van der Waals surface area contributed by atoms with Gasteiger partial charge < -0.3 is 30.0 Å². The Balaban J connectivity index is 1.72. The van der Waals surface area contributed by atoms with Crippen LogP contribution in [0.1, 0.15) is 25.1 Å². The molecule has 1 fully saturated rings. The number of nitrogens with two attached hydrogens (primary N) is 1. The van der Waals surface area contributed by atoms with Crippen molar-refractivity contribution >= 4 is 35.1 Å². The Morgan fingerprint density at radius 3 is 2.59 bits per heavy atom. The molecular formula is C11H17FN5O12P3.